The van der Waals surface area contributed by atoms with E-state index in [0.717, 1.165) is 5.56 Å². The summed E-state index contributed by atoms with van der Waals surface area (Å²) in [5.74, 6) is -0.104. The van der Waals surface area contributed by atoms with E-state index in [-0.39, 0.29) is 30.2 Å². The molecule has 6 nitrogen and oxygen atoms in total. The lowest BCUT2D eigenvalue weighted by atomic mass is 9.96. The topological polar surface area (TPSA) is 69.7 Å². The van der Waals surface area contributed by atoms with Gasteiger partial charge in [0, 0.05) is 32.2 Å². The van der Waals surface area contributed by atoms with Gasteiger partial charge >= 0.3 is 0 Å². The number of benzene rings is 1. The molecule has 0 spiro atoms. The van der Waals surface area contributed by atoms with Crippen molar-refractivity contribution in [2.24, 2.45) is 5.92 Å². The highest BCUT2D eigenvalue weighted by Gasteiger charge is 2.26. The number of nitrogens with one attached hydrogen (secondary N) is 1. The van der Waals surface area contributed by atoms with E-state index in [4.69, 9.17) is 0 Å². The second kappa shape index (κ2) is 8.25. The summed E-state index contributed by atoms with van der Waals surface area (Å²) >= 11 is 0. The molecule has 1 heterocycles. The molecule has 1 fully saturated rings. The maximum absolute atomic E-state index is 13.1. The molecule has 25 heavy (non-hydrogen) atoms. The minimum absolute atomic E-state index is 0.0538. The van der Waals surface area contributed by atoms with E-state index in [2.05, 4.69) is 5.32 Å². The SMILES string of the molecule is CC(C)C(NCC(=O)N1CCN(S(C)(=O)=O)CC1)c1ccc(F)cc1. The van der Waals surface area contributed by atoms with Crippen molar-refractivity contribution in [1.82, 2.24) is 14.5 Å². The van der Waals surface area contributed by atoms with Crippen LogP contribution in [0.25, 0.3) is 0 Å². The number of hydrogen-bond donors (Lipinski definition) is 1. The summed E-state index contributed by atoms with van der Waals surface area (Å²) < 4.78 is 37.5. The molecule has 0 saturated carbocycles. The van der Waals surface area contributed by atoms with Crippen LogP contribution in [0.15, 0.2) is 24.3 Å². The monoisotopic (exact) mass is 371 g/mol. The van der Waals surface area contributed by atoms with Crippen molar-refractivity contribution >= 4 is 15.9 Å². The molecule has 1 aromatic rings. The number of sulfonamides is 1. The van der Waals surface area contributed by atoms with Crippen molar-refractivity contribution in [3.8, 4) is 0 Å². The quantitative estimate of drug-likeness (QED) is 0.816. The van der Waals surface area contributed by atoms with Gasteiger partial charge in [-0.1, -0.05) is 26.0 Å². The highest BCUT2D eigenvalue weighted by Crippen LogP contribution is 2.21. The second-order valence-corrected chi connectivity index (χ2v) is 8.68. The summed E-state index contributed by atoms with van der Waals surface area (Å²) in [6, 6.07) is 6.23. The first-order valence-corrected chi connectivity index (χ1v) is 10.2. The maximum Gasteiger partial charge on any atom is 0.236 e. The average molecular weight is 371 g/mol. The van der Waals surface area contributed by atoms with Crippen molar-refractivity contribution in [1.29, 1.82) is 0 Å². The van der Waals surface area contributed by atoms with E-state index in [0.29, 0.717) is 26.2 Å². The van der Waals surface area contributed by atoms with E-state index < -0.39 is 10.0 Å². The molecule has 2 rings (SSSR count). The smallest absolute Gasteiger partial charge is 0.236 e. The predicted molar refractivity (Wildman–Crippen MR) is 95.0 cm³/mol. The largest absolute Gasteiger partial charge is 0.339 e. The Kier molecular flexibility index (Phi) is 6.53. The first-order valence-electron chi connectivity index (χ1n) is 8.40. The Morgan fingerprint density at radius 2 is 1.72 bits per heavy atom. The maximum atomic E-state index is 13.1. The molecule has 0 bridgehead atoms. The molecule has 8 heteroatoms. The molecule has 1 aromatic carbocycles. The summed E-state index contributed by atoms with van der Waals surface area (Å²) in [5.41, 5.74) is 0.936. The van der Waals surface area contributed by atoms with Gasteiger partial charge < -0.3 is 10.2 Å². The van der Waals surface area contributed by atoms with Gasteiger partial charge in [0.1, 0.15) is 5.82 Å². The third kappa shape index (κ3) is 5.49. The van der Waals surface area contributed by atoms with E-state index in [1.54, 1.807) is 17.0 Å². The molecule has 0 aliphatic carbocycles. The molecular weight excluding hydrogens is 345 g/mol. The Bertz CT molecular complexity index is 684. The molecule has 0 aromatic heterocycles. The van der Waals surface area contributed by atoms with Gasteiger partial charge in [0.15, 0.2) is 0 Å². The van der Waals surface area contributed by atoms with Gasteiger partial charge in [-0.3, -0.25) is 4.79 Å². The molecule has 1 atom stereocenters. The summed E-state index contributed by atoms with van der Waals surface area (Å²) in [4.78, 5) is 14.1. The van der Waals surface area contributed by atoms with E-state index >= 15 is 0 Å². The molecule has 1 amide bonds. The van der Waals surface area contributed by atoms with Gasteiger partial charge in [0.25, 0.3) is 0 Å². The third-order valence-corrected chi connectivity index (χ3v) is 5.73. The van der Waals surface area contributed by atoms with Gasteiger partial charge in [-0.2, -0.15) is 4.31 Å². The zero-order valence-corrected chi connectivity index (χ0v) is 15.7. The molecule has 1 N–H and O–H groups in total. The summed E-state index contributed by atoms with van der Waals surface area (Å²) in [7, 11) is -3.20. The lowest BCUT2D eigenvalue weighted by Gasteiger charge is -2.34. The van der Waals surface area contributed by atoms with Crippen LogP contribution in [0.4, 0.5) is 4.39 Å². The Morgan fingerprint density at radius 3 is 2.20 bits per heavy atom. The van der Waals surface area contributed by atoms with Crippen LogP contribution in [0.5, 0.6) is 0 Å². The Labute approximate surface area is 149 Å². The van der Waals surface area contributed by atoms with Crippen LogP contribution < -0.4 is 5.32 Å². The number of amides is 1. The molecular formula is C17H26FN3O3S. The van der Waals surface area contributed by atoms with Crippen molar-refractivity contribution in [3.05, 3.63) is 35.6 Å². The van der Waals surface area contributed by atoms with Crippen LogP contribution in [-0.2, 0) is 14.8 Å². The fraction of sp³-hybridized carbons (Fsp3) is 0.588. The van der Waals surface area contributed by atoms with E-state index in [1.165, 1.54) is 22.7 Å². The molecule has 1 unspecified atom stereocenters. The van der Waals surface area contributed by atoms with Crippen molar-refractivity contribution in [2.45, 2.75) is 19.9 Å². The second-order valence-electron chi connectivity index (χ2n) is 6.70. The van der Waals surface area contributed by atoms with Crippen LogP contribution in [-0.4, -0.2) is 62.5 Å². The standard InChI is InChI=1S/C17H26FN3O3S/c1-13(2)17(14-4-6-15(18)7-5-14)19-12-16(22)20-8-10-21(11-9-20)25(3,23)24/h4-7,13,17,19H,8-12H2,1-3H3. The van der Waals surface area contributed by atoms with Crippen LogP contribution in [0.2, 0.25) is 0 Å². The minimum Gasteiger partial charge on any atom is -0.339 e. The fourth-order valence-electron chi connectivity index (χ4n) is 2.99. The molecule has 1 saturated heterocycles. The minimum atomic E-state index is -3.20. The predicted octanol–water partition coefficient (Wildman–Crippen LogP) is 1.22. The number of piperazine rings is 1. The average Bonchev–Trinajstić information content (AvgIpc) is 2.55. The number of carbonyl (C=O) groups excluding carboxylic acids is 1. The summed E-state index contributed by atoms with van der Waals surface area (Å²) in [6.07, 6.45) is 1.18. The molecule has 0 radical (unpaired) electrons. The molecule has 140 valence electrons. The van der Waals surface area contributed by atoms with Gasteiger partial charge in [-0.15, -0.1) is 0 Å². The van der Waals surface area contributed by atoms with Crippen molar-refractivity contribution < 1.29 is 17.6 Å². The number of hydrogen-bond acceptors (Lipinski definition) is 4. The Balaban J connectivity index is 1.90. The van der Waals surface area contributed by atoms with Crippen LogP contribution in [0, 0.1) is 11.7 Å². The highest BCUT2D eigenvalue weighted by atomic mass is 32.2. The Morgan fingerprint density at radius 1 is 1.16 bits per heavy atom. The van der Waals surface area contributed by atoms with Crippen molar-refractivity contribution in [2.75, 3.05) is 39.0 Å². The van der Waals surface area contributed by atoms with Crippen LogP contribution >= 0.6 is 0 Å². The van der Waals surface area contributed by atoms with Crippen molar-refractivity contribution in [3.63, 3.8) is 0 Å². The fourth-order valence-corrected chi connectivity index (χ4v) is 3.81. The first-order chi connectivity index (χ1) is 11.7. The number of halogens is 1. The van der Waals surface area contributed by atoms with E-state index in [9.17, 15) is 17.6 Å². The van der Waals surface area contributed by atoms with Crippen LogP contribution in [0.3, 0.4) is 0 Å². The Hall–Kier alpha value is -1.51. The molecule has 1 aliphatic heterocycles. The zero-order chi connectivity index (χ0) is 18.6. The number of carbonyl (C=O) groups is 1. The normalized spacial score (nSPS) is 17.7. The zero-order valence-electron chi connectivity index (χ0n) is 14.9. The third-order valence-electron chi connectivity index (χ3n) is 4.43. The van der Waals surface area contributed by atoms with Gasteiger partial charge in [0.05, 0.1) is 12.8 Å². The summed E-state index contributed by atoms with van der Waals surface area (Å²) in [6.45, 7) is 5.70. The summed E-state index contributed by atoms with van der Waals surface area (Å²) in [5, 5.41) is 3.25. The lowest BCUT2D eigenvalue weighted by Crippen LogP contribution is -2.52. The highest BCUT2D eigenvalue weighted by molar-refractivity contribution is 7.88. The lowest BCUT2D eigenvalue weighted by molar-refractivity contribution is -0.131. The van der Waals surface area contributed by atoms with Gasteiger partial charge in [0.2, 0.25) is 15.9 Å². The van der Waals surface area contributed by atoms with E-state index in [1.807, 2.05) is 13.8 Å². The van der Waals surface area contributed by atoms with Gasteiger partial charge in [-0.25, -0.2) is 12.8 Å². The van der Waals surface area contributed by atoms with Crippen LogP contribution in [0.1, 0.15) is 25.5 Å². The van der Waals surface area contributed by atoms with Gasteiger partial charge in [-0.05, 0) is 23.6 Å². The number of rotatable bonds is 6. The first kappa shape index (κ1) is 19.8. The molecule has 1 aliphatic rings. The number of nitrogens with zero attached hydrogens (tertiary/aromatic N) is 2.